The number of aromatic amines is 1. The lowest BCUT2D eigenvalue weighted by molar-refractivity contribution is 0.102. The number of amides is 1. The zero-order chi connectivity index (χ0) is 19.3. The lowest BCUT2D eigenvalue weighted by Crippen LogP contribution is -2.11. The van der Waals surface area contributed by atoms with Crippen molar-refractivity contribution < 1.29 is 9.53 Å². The molecule has 138 valence electrons. The predicted octanol–water partition coefficient (Wildman–Crippen LogP) is 5.00. The third-order valence-corrected chi connectivity index (χ3v) is 4.43. The highest BCUT2D eigenvalue weighted by Crippen LogP contribution is 2.23. The average molecular weight is 369 g/mol. The van der Waals surface area contributed by atoms with Gasteiger partial charge in [-0.1, -0.05) is 42.5 Å². The van der Waals surface area contributed by atoms with Gasteiger partial charge in [0.1, 0.15) is 11.6 Å². The highest BCUT2D eigenvalue weighted by molar-refractivity contribution is 6.04. The quantitative estimate of drug-likeness (QED) is 0.520. The van der Waals surface area contributed by atoms with Crippen LogP contribution in [0.25, 0.3) is 22.6 Å². The number of methoxy groups -OCH3 is 1. The first-order valence-corrected chi connectivity index (χ1v) is 8.89. The van der Waals surface area contributed by atoms with Crippen LogP contribution in [0.2, 0.25) is 0 Å². The minimum absolute atomic E-state index is 0.164. The maximum atomic E-state index is 12.4. The Bertz CT molecular complexity index is 1070. The number of hydrogen-bond donors (Lipinski definition) is 2. The van der Waals surface area contributed by atoms with Crippen LogP contribution in [0.15, 0.2) is 85.1 Å². The zero-order valence-electron chi connectivity index (χ0n) is 15.3. The van der Waals surface area contributed by atoms with E-state index in [2.05, 4.69) is 15.3 Å². The molecule has 0 bridgehead atoms. The standard InChI is InChI=1S/C23H19N3O2/c1-28-20-13-9-18(10-14-20)23(27)25-19-11-7-16(8-12-19)21-15-24-22(26-21)17-5-3-2-4-6-17/h2-15H,1H3,(H,24,26)(H,25,27). The topological polar surface area (TPSA) is 67.0 Å². The maximum absolute atomic E-state index is 12.4. The fraction of sp³-hybridized carbons (Fsp3) is 0.0435. The monoisotopic (exact) mass is 369 g/mol. The number of carbonyl (C=O) groups is 1. The van der Waals surface area contributed by atoms with Gasteiger partial charge < -0.3 is 15.0 Å². The van der Waals surface area contributed by atoms with E-state index in [1.165, 1.54) is 0 Å². The van der Waals surface area contributed by atoms with Crippen molar-refractivity contribution in [2.24, 2.45) is 0 Å². The Morgan fingerprint density at radius 2 is 1.61 bits per heavy atom. The van der Waals surface area contributed by atoms with E-state index in [0.29, 0.717) is 5.56 Å². The maximum Gasteiger partial charge on any atom is 0.255 e. The van der Waals surface area contributed by atoms with Crippen molar-refractivity contribution in [1.82, 2.24) is 9.97 Å². The highest BCUT2D eigenvalue weighted by atomic mass is 16.5. The van der Waals surface area contributed by atoms with Crippen molar-refractivity contribution >= 4 is 11.6 Å². The Labute approximate surface area is 163 Å². The van der Waals surface area contributed by atoms with E-state index in [0.717, 1.165) is 34.1 Å². The number of nitrogens with one attached hydrogen (secondary N) is 2. The van der Waals surface area contributed by atoms with E-state index in [4.69, 9.17) is 4.74 Å². The second kappa shape index (κ2) is 7.80. The van der Waals surface area contributed by atoms with Gasteiger partial charge in [-0.3, -0.25) is 4.79 Å². The van der Waals surface area contributed by atoms with Gasteiger partial charge in [-0.2, -0.15) is 0 Å². The molecular formula is C23H19N3O2. The van der Waals surface area contributed by atoms with E-state index in [1.807, 2.05) is 60.8 Å². The van der Waals surface area contributed by atoms with E-state index in [-0.39, 0.29) is 5.91 Å². The van der Waals surface area contributed by atoms with Crippen molar-refractivity contribution in [1.29, 1.82) is 0 Å². The second-order valence-corrected chi connectivity index (χ2v) is 6.27. The Kier molecular flexibility index (Phi) is 4.89. The number of H-pyrrole nitrogens is 1. The first kappa shape index (κ1) is 17.5. The molecule has 4 aromatic rings. The highest BCUT2D eigenvalue weighted by Gasteiger charge is 2.08. The minimum Gasteiger partial charge on any atom is -0.497 e. The van der Waals surface area contributed by atoms with Crippen molar-refractivity contribution in [3.63, 3.8) is 0 Å². The van der Waals surface area contributed by atoms with Gasteiger partial charge in [0, 0.05) is 16.8 Å². The molecule has 2 N–H and O–H groups in total. The minimum atomic E-state index is -0.164. The molecule has 0 spiro atoms. The Morgan fingerprint density at radius 1 is 0.893 bits per heavy atom. The number of anilines is 1. The van der Waals surface area contributed by atoms with Gasteiger partial charge in [0.25, 0.3) is 5.91 Å². The Hall–Kier alpha value is -3.86. The van der Waals surface area contributed by atoms with Crippen molar-refractivity contribution in [2.75, 3.05) is 12.4 Å². The van der Waals surface area contributed by atoms with Crippen LogP contribution in [-0.4, -0.2) is 23.0 Å². The summed E-state index contributed by atoms with van der Waals surface area (Å²) in [7, 11) is 1.60. The lowest BCUT2D eigenvalue weighted by atomic mass is 10.1. The van der Waals surface area contributed by atoms with Gasteiger partial charge >= 0.3 is 0 Å². The molecule has 0 atom stereocenters. The summed E-state index contributed by atoms with van der Waals surface area (Å²) in [6.07, 6.45) is 1.81. The molecule has 28 heavy (non-hydrogen) atoms. The average Bonchev–Trinajstić information content (AvgIpc) is 3.25. The van der Waals surface area contributed by atoms with Crippen molar-refractivity contribution in [3.8, 4) is 28.4 Å². The molecule has 4 rings (SSSR count). The summed E-state index contributed by atoms with van der Waals surface area (Å²) >= 11 is 0. The molecule has 0 aliphatic heterocycles. The molecule has 5 heteroatoms. The Morgan fingerprint density at radius 3 is 2.29 bits per heavy atom. The molecule has 0 aliphatic carbocycles. The number of benzene rings is 3. The van der Waals surface area contributed by atoms with Gasteiger partial charge in [0.2, 0.25) is 0 Å². The van der Waals surface area contributed by atoms with Crippen molar-refractivity contribution in [2.45, 2.75) is 0 Å². The lowest BCUT2D eigenvalue weighted by Gasteiger charge is -2.07. The molecule has 0 aliphatic rings. The third-order valence-electron chi connectivity index (χ3n) is 4.43. The van der Waals surface area contributed by atoms with Crippen molar-refractivity contribution in [3.05, 3.63) is 90.6 Å². The van der Waals surface area contributed by atoms with Crippen LogP contribution in [0.4, 0.5) is 5.69 Å². The molecule has 1 heterocycles. The van der Waals surface area contributed by atoms with Crippen LogP contribution in [0.5, 0.6) is 5.75 Å². The molecule has 3 aromatic carbocycles. The summed E-state index contributed by atoms with van der Waals surface area (Å²) < 4.78 is 5.11. The number of aromatic nitrogens is 2. The van der Waals surface area contributed by atoms with Crippen LogP contribution in [0.1, 0.15) is 10.4 Å². The molecule has 5 nitrogen and oxygen atoms in total. The van der Waals surface area contributed by atoms with E-state index in [9.17, 15) is 4.79 Å². The van der Waals surface area contributed by atoms with Gasteiger partial charge in [-0.05, 0) is 42.0 Å². The fourth-order valence-corrected chi connectivity index (χ4v) is 2.89. The third kappa shape index (κ3) is 3.78. The number of hydrogen-bond acceptors (Lipinski definition) is 3. The predicted molar refractivity (Wildman–Crippen MR) is 110 cm³/mol. The molecule has 1 amide bonds. The van der Waals surface area contributed by atoms with Gasteiger partial charge in [-0.15, -0.1) is 0 Å². The summed E-state index contributed by atoms with van der Waals surface area (Å²) in [6.45, 7) is 0. The normalized spacial score (nSPS) is 10.5. The SMILES string of the molecule is COc1ccc(C(=O)Nc2ccc(-c3cnc(-c4ccccc4)[nH]3)cc2)cc1. The zero-order valence-corrected chi connectivity index (χ0v) is 15.3. The summed E-state index contributed by atoms with van der Waals surface area (Å²) in [6, 6.07) is 24.6. The van der Waals surface area contributed by atoms with Gasteiger partial charge in [0.15, 0.2) is 0 Å². The first-order valence-electron chi connectivity index (χ1n) is 8.89. The fourth-order valence-electron chi connectivity index (χ4n) is 2.89. The van der Waals surface area contributed by atoms with Crippen LogP contribution < -0.4 is 10.1 Å². The summed E-state index contributed by atoms with van der Waals surface area (Å²) in [5.74, 6) is 1.38. The summed E-state index contributed by atoms with van der Waals surface area (Å²) in [5.41, 5.74) is 4.26. The number of ether oxygens (including phenoxy) is 1. The van der Waals surface area contributed by atoms with Crippen LogP contribution in [0, 0.1) is 0 Å². The molecule has 0 radical (unpaired) electrons. The first-order chi connectivity index (χ1) is 13.7. The smallest absolute Gasteiger partial charge is 0.255 e. The molecule has 0 saturated carbocycles. The van der Waals surface area contributed by atoms with E-state index in [1.54, 1.807) is 31.4 Å². The molecule has 0 fully saturated rings. The van der Waals surface area contributed by atoms with Gasteiger partial charge in [0.05, 0.1) is 19.0 Å². The van der Waals surface area contributed by atoms with Crippen LogP contribution in [0.3, 0.4) is 0 Å². The summed E-state index contributed by atoms with van der Waals surface area (Å²) in [4.78, 5) is 20.1. The van der Waals surface area contributed by atoms with E-state index >= 15 is 0 Å². The van der Waals surface area contributed by atoms with Gasteiger partial charge in [-0.25, -0.2) is 4.98 Å². The molecule has 0 saturated heterocycles. The number of imidazole rings is 1. The van der Waals surface area contributed by atoms with Crippen LogP contribution in [-0.2, 0) is 0 Å². The molecular weight excluding hydrogens is 350 g/mol. The number of rotatable bonds is 5. The largest absolute Gasteiger partial charge is 0.497 e. The summed E-state index contributed by atoms with van der Waals surface area (Å²) in [5, 5.41) is 2.90. The van der Waals surface area contributed by atoms with E-state index < -0.39 is 0 Å². The molecule has 0 unspecified atom stereocenters. The molecule has 1 aromatic heterocycles. The Balaban J connectivity index is 1.46. The number of nitrogens with zero attached hydrogens (tertiary/aromatic N) is 1. The number of carbonyl (C=O) groups excluding carboxylic acids is 1. The second-order valence-electron chi connectivity index (χ2n) is 6.27. The van der Waals surface area contributed by atoms with Crippen LogP contribution >= 0.6 is 0 Å².